The second-order valence-electron chi connectivity index (χ2n) is 8.24. The third-order valence-electron chi connectivity index (χ3n) is 6.61. The quantitative estimate of drug-likeness (QED) is 0.487. The van der Waals surface area contributed by atoms with Gasteiger partial charge in [0, 0.05) is 33.3 Å². The first-order valence-corrected chi connectivity index (χ1v) is 10.6. The van der Waals surface area contributed by atoms with E-state index in [9.17, 15) is 9.59 Å². The number of H-pyrrole nitrogens is 1. The third-order valence-corrected chi connectivity index (χ3v) is 6.85. The first-order chi connectivity index (χ1) is 14.6. The molecule has 0 bridgehead atoms. The number of carbonyl (C=O) groups excluding carboxylic acids is 1. The van der Waals surface area contributed by atoms with Crippen LogP contribution in [0.4, 0.5) is 0 Å². The van der Waals surface area contributed by atoms with E-state index >= 15 is 0 Å². The van der Waals surface area contributed by atoms with Crippen molar-refractivity contribution in [3.8, 4) is 0 Å². The van der Waals surface area contributed by atoms with E-state index in [0.717, 1.165) is 41.2 Å². The lowest BCUT2D eigenvalue weighted by Crippen LogP contribution is -2.49. The largest absolute Gasteiger partial charge is 0.346 e. The summed E-state index contributed by atoms with van der Waals surface area (Å²) in [6, 6.07) is 15.5. The molecule has 2 aromatic heterocycles. The molecule has 3 atom stereocenters. The molecule has 1 aliphatic carbocycles. The van der Waals surface area contributed by atoms with Crippen molar-refractivity contribution in [2.75, 3.05) is 0 Å². The Hall–Kier alpha value is -3.12. The van der Waals surface area contributed by atoms with Gasteiger partial charge in [0.2, 0.25) is 0 Å². The Labute approximate surface area is 176 Å². The summed E-state index contributed by atoms with van der Waals surface area (Å²) >= 11 is 6.18. The molecule has 3 heterocycles. The molecule has 0 radical (unpaired) electrons. The maximum Gasteiger partial charge on any atom is 0.272 e. The molecule has 2 aliphatic rings. The van der Waals surface area contributed by atoms with Gasteiger partial charge >= 0.3 is 0 Å². The number of aromatic nitrogens is 3. The zero-order valence-corrected chi connectivity index (χ0v) is 16.8. The zero-order valence-electron chi connectivity index (χ0n) is 16.1. The van der Waals surface area contributed by atoms with Gasteiger partial charge in [-0.25, -0.2) is 5.10 Å². The van der Waals surface area contributed by atoms with Gasteiger partial charge in [-0.05, 0) is 49.6 Å². The summed E-state index contributed by atoms with van der Waals surface area (Å²) in [5.74, 6) is 0.162. The maximum atomic E-state index is 12.7. The van der Waals surface area contributed by atoms with Gasteiger partial charge in [0.05, 0.1) is 17.1 Å². The normalized spacial score (nSPS) is 23.2. The van der Waals surface area contributed by atoms with E-state index in [0.29, 0.717) is 16.1 Å². The van der Waals surface area contributed by atoms with Crippen LogP contribution in [0.25, 0.3) is 21.7 Å². The maximum absolute atomic E-state index is 12.7. The van der Waals surface area contributed by atoms with Crippen LogP contribution < -0.4 is 10.9 Å². The number of nitrogens with one attached hydrogen (secondary N) is 2. The first kappa shape index (κ1) is 17.7. The van der Waals surface area contributed by atoms with Gasteiger partial charge in [0.1, 0.15) is 5.69 Å². The standard InChI is InChI=1S/C23H19ClN4O2/c24-14-6-8-18-13(9-14)11-20-23(30)25-17-7-5-12(10-19(17)28(18)20)21-15-3-1-2-4-16(15)22(29)27-26-21/h1-4,6,8-9,11-12,17,19H,5,7,10H2,(H,25,30)(H,27,29)/t12-,17-,19-/m0/s1. The molecule has 2 aromatic carbocycles. The summed E-state index contributed by atoms with van der Waals surface area (Å²) in [6.07, 6.45) is 2.61. The second-order valence-corrected chi connectivity index (χ2v) is 8.68. The fourth-order valence-electron chi connectivity index (χ4n) is 5.28. The van der Waals surface area contributed by atoms with Crippen molar-refractivity contribution in [2.24, 2.45) is 0 Å². The molecule has 2 N–H and O–H groups in total. The summed E-state index contributed by atoms with van der Waals surface area (Å²) in [6.45, 7) is 0. The first-order valence-electron chi connectivity index (χ1n) is 10.2. The monoisotopic (exact) mass is 418 g/mol. The zero-order chi connectivity index (χ0) is 20.4. The highest BCUT2D eigenvalue weighted by Crippen LogP contribution is 2.43. The molecular weight excluding hydrogens is 400 g/mol. The summed E-state index contributed by atoms with van der Waals surface area (Å²) in [5.41, 5.74) is 2.47. The van der Waals surface area contributed by atoms with Crippen LogP contribution in [-0.2, 0) is 0 Å². The average Bonchev–Trinajstić information content (AvgIpc) is 3.14. The number of halogens is 1. The molecule has 4 aromatic rings. The number of benzene rings is 2. The third kappa shape index (κ3) is 2.53. The van der Waals surface area contributed by atoms with Crippen LogP contribution in [0.2, 0.25) is 5.02 Å². The van der Waals surface area contributed by atoms with Crippen LogP contribution in [0.3, 0.4) is 0 Å². The summed E-state index contributed by atoms with van der Waals surface area (Å²) in [4.78, 5) is 24.9. The van der Waals surface area contributed by atoms with Crippen molar-refractivity contribution in [3.63, 3.8) is 0 Å². The average molecular weight is 419 g/mol. The van der Waals surface area contributed by atoms with Crippen LogP contribution in [-0.4, -0.2) is 26.7 Å². The molecule has 1 aliphatic heterocycles. The lowest BCUT2D eigenvalue weighted by Gasteiger charge is -2.41. The van der Waals surface area contributed by atoms with E-state index in [1.165, 1.54) is 0 Å². The predicted molar refractivity (Wildman–Crippen MR) is 116 cm³/mol. The number of hydrogen-bond donors (Lipinski definition) is 2. The highest BCUT2D eigenvalue weighted by atomic mass is 35.5. The molecule has 150 valence electrons. The lowest BCUT2D eigenvalue weighted by molar-refractivity contribution is 0.0847. The Morgan fingerprint density at radius 1 is 1.03 bits per heavy atom. The minimum Gasteiger partial charge on any atom is -0.346 e. The summed E-state index contributed by atoms with van der Waals surface area (Å²) < 4.78 is 2.18. The Bertz CT molecular complexity index is 1390. The lowest BCUT2D eigenvalue weighted by atomic mass is 9.78. The molecule has 0 spiro atoms. The van der Waals surface area contributed by atoms with E-state index in [1.54, 1.807) is 0 Å². The summed E-state index contributed by atoms with van der Waals surface area (Å²) in [7, 11) is 0. The Morgan fingerprint density at radius 3 is 2.73 bits per heavy atom. The fourth-order valence-corrected chi connectivity index (χ4v) is 5.46. The minimum absolute atomic E-state index is 0.0327. The van der Waals surface area contributed by atoms with Crippen molar-refractivity contribution >= 4 is 39.2 Å². The highest BCUT2D eigenvalue weighted by Gasteiger charge is 2.40. The van der Waals surface area contributed by atoms with Crippen molar-refractivity contribution < 1.29 is 4.79 Å². The van der Waals surface area contributed by atoms with E-state index in [1.807, 2.05) is 48.5 Å². The van der Waals surface area contributed by atoms with Gasteiger partial charge in [-0.3, -0.25) is 9.59 Å². The topological polar surface area (TPSA) is 79.8 Å². The van der Waals surface area contributed by atoms with Crippen LogP contribution >= 0.6 is 11.6 Å². The number of hydrogen-bond acceptors (Lipinski definition) is 3. The number of fused-ring (bicyclic) bond motifs is 6. The van der Waals surface area contributed by atoms with Crippen molar-refractivity contribution in [3.05, 3.63) is 75.3 Å². The molecular formula is C23H19ClN4O2. The molecule has 1 fully saturated rings. The highest BCUT2D eigenvalue weighted by molar-refractivity contribution is 6.31. The SMILES string of the molecule is O=C1N[C@H]2CC[C@H](c3n[nH]c(=O)c4ccccc34)C[C@@H]2n2c1cc1cc(Cl)ccc12. The van der Waals surface area contributed by atoms with E-state index in [4.69, 9.17) is 11.6 Å². The van der Waals surface area contributed by atoms with Gasteiger partial charge in [0.25, 0.3) is 11.5 Å². The van der Waals surface area contributed by atoms with Crippen LogP contribution in [0.5, 0.6) is 0 Å². The molecule has 30 heavy (non-hydrogen) atoms. The molecule has 6 rings (SSSR count). The van der Waals surface area contributed by atoms with Crippen LogP contribution in [0.1, 0.15) is 47.4 Å². The van der Waals surface area contributed by atoms with Gasteiger partial charge < -0.3 is 9.88 Å². The number of rotatable bonds is 1. The van der Waals surface area contributed by atoms with Gasteiger partial charge in [-0.2, -0.15) is 5.10 Å². The minimum atomic E-state index is -0.163. The number of aromatic amines is 1. The van der Waals surface area contributed by atoms with Gasteiger partial charge in [-0.15, -0.1) is 0 Å². The van der Waals surface area contributed by atoms with Crippen molar-refractivity contribution in [2.45, 2.75) is 37.3 Å². The van der Waals surface area contributed by atoms with E-state index in [-0.39, 0.29) is 29.5 Å². The molecule has 6 nitrogen and oxygen atoms in total. The molecule has 0 unspecified atom stereocenters. The van der Waals surface area contributed by atoms with Crippen LogP contribution in [0, 0.1) is 0 Å². The Morgan fingerprint density at radius 2 is 1.87 bits per heavy atom. The van der Waals surface area contributed by atoms with Gasteiger partial charge in [0.15, 0.2) is 0 Å². The molecule has 1 amide bonds. The number of amides is 1. The number of carbonyl (C=O) groups is 1. The fraction of sp³-hybridized carbons (Fsp3) is 0.261. The molecule has 0 saturated heterocycles. The molecule has 1 saturated carbocycles. The van der Waals surface area contributed by atoms with Gasteiger partial charge in [-0.1, -0.05) is 29.8 Å². The van der Waals surface area contributed by atoms with Crippen LogP contribution in [0.15, 0.2) is 53.3 Å². The molecule has 7 heteroatoms. The summed E-state index contributed by atoms with van der Waals surface area (Å²) in [5, 5.41) is 13.5. The Balaban J connectivity index is 1.47. The van der Waals surface area contributed by atoms with E-state index in [2.05, 4.69) is 20.1 Å². The smallest absolute Gasteiger partial charge is 0.272 e. The van der Waals surface area contributed by atoms with E-state index < -0.39 is 0 Å². The van der Waals surface area contributed by atoms with Crippen molar-refractivity contribution in [1.82, 2.24) is 20.1 Å². The second kappa shape index (κ2) is 6.44. The van der Waals surface area contributed by atoms with Crippen molar-refractivity contribution in [1.29, 1.82) is 0 Å². The predicted octanol–water partition coefficient (Wildman–Crippen LogP) is 4.15. The Kier molecular flexibility index (Phi) is 3.80. The number of nitrogens with zero attached hydrogens (tertiary/aromatic N) is 2.